The number of hydrogen-bond acceptors (Lipinski definition) is 2. The third-order valence-electron chi connectivity index (χ3n) is 2.95. The van der Waals surface area contributed by atoms with Crippen molar-refractivity contribution >= 4 is 23.2 Å². The SMILES string of the molecule is Cc1cccc(CCC(=O)Nc2ccc(O)cc2Cl)c1. The Morgan fingerprint density at radius 3 is 2.75 bits per heavy atom. The van der Waals surface area contributed by atoms with Crippen molar-refractivity contribution in [2.24, 2.45) is 0 Å². The zero-order valence-electron chi connectivity index (χ0n) is 11.2. The Hall–Kier alpha value is -2.00. The van der Waals surface area contributed by atoms with E-state index < -0.39 is 0 Å². The van der Waals surface area contributed by atoms with Crippen LogP contribution in [0.4, 0.5) is 5.69 Å². The van der Waals surface area contributed by atoms with Gasteiger partial charge in [-0.05, 0) is 31.0 Å². The highest BCUT2D eigenvalue weighted by atomic mass is 35.5. The first-order valence-electron chi connectivity index (χ1n) is 6.38. The smallest absolute Gasteiger partial charge is 0.224 e. The molecule has 0 radical (unpaired) electrons. The number of halogens is 1. The lowest BCUT2D eigenvalue weighted by Crippen LogP contribution is -2.12. The summed E-state index contributed by atoms with van der Waals surface area (Å²) in [5, 5.41) is 12.3. The van der Waals surface area contributed by atoms with E-state index in [0.29, 0.717) is 23.6 Å². The van der Waals surface area contributed by atoms with Crippen molar-refractivity contribution in [3.63, 3.8) is 0 Å². The van der Waals surface area contributed by atoms with Gasteiger partial charge in [0.2, 0.25) is 5.91 Å². The third kappa shape index (κ3) is 4.00. The number of nitrogens with one attached hydrogen (secondary N) is 1. The molecule has 0 saturated heterocycles. The van der Waals surface area contributed by atoms with Crippen LogP contribution in [0.25, 0.3) is 0 Å². The molecule has 0 aliphatic rings. The van der Waals surface area contributed by atoms with Gasteiger partial charge in [-0.1, -0.05) is 41.4 Å². The van der Waals surface area contributed by atoms with Crippen molar-refractivity contribution < 1.29 is 9.90 Å². The maximum atomic E-state index is 11.9. The maximum Gasteiger partial charge on any atom is 0.224 e. The summed E-state index contributed by atoms with van der Waals surface area (Å²) >= 11 is 5.94. The van der Waals surface area contributed by atoms with E-state index in [2.05, 4.69) is 11.4 Å². The minimum atomic E-state index is -0.0981. The van der Waals surface area contributed by atoms with Crippen molar-refractivity contribution in [2.45, 2.75) is 19.8 Å². The molecule has 0 spiro atoms. The predicted octanol–water partition coefficient (Wildman–Crippen LogP) is 3.93. The van der Waals surface area contributed by atoms with Gasteiger partial charge in [0.25, 0.3) is 0 Å². The number of phenols is 1. The van der Waals surface area contributed by atoms with Crippen molar-refractivity contribution in [3.05, 3.63) is 58.6 Å². The number of rotatable bonds is 4. The molecule has 0 heterocycles. The van der Waals surface area contributed by atoms with E-state index in [-0.39, 0.29) is 11.7 Å². The van der Waals surface area contributed by atoms with Gasteiger partial charge in [-0.2, -0.15) is 0 Å². The maximum absolute atomic E-state index is 11.9. The zero-order chi connectivity index (χ0) is 14.5. The van der Waals surface area contributed by atoms with Crippen LogP contribution in [-0.4, -0.2) is 11.0 Å². The predicted molar refractivity (Wildman–Crippen MR) is 81.2 cm³/mol. The van der Waals surface area contributed by atoms with Crippen LogP contribution in [-0.2, 0) is 11.2 Å². The number of carbonyl (C=O) groups is 1. The largest absolute Gasteiger partial charge is 0.508 e. The summed E-state index contributed by atoms with van der Waals surface area (Å²) in [5.41, 5.74) is 2.83. The van der Waals surface area contributed by atoms with Crippen LogP contribution in [0.3, 0.4) is 0 Å². The van der Waals surface area contributed by atoms with E-state index in [1.54, 1.807) is 6.07 Å². The quantitative estimate of drug-likeness (QED) is 0.838. The molecule has 0 bridgehead atoms. The molecule has 4 heteroatoms. The molecule has 3 nitrogen and oxygen atoms in total. The van der Waals surface area contributed by atoms with Crippen molar-refractivity contribution in [3.8, 4) is 5.75 Å². The van der Waals surface area contributed by atoms with Crippen LogP contribution in [0.15, 0.2) is 42.5 Å². The average molecular weight is 290 g/mol. The highest BCUT2D eigenvalue weighted by Crippen LogP contribution is 2.26. The summed E-state index contributed by atoms with van der Waals surface area (Å²) in [6, 6.07) is 12.6. The van der Waals surface area contributed by atoms with E-state index >= 15 is 0 Å². The van der Waals surface area contributed by atoms with Gasteiger partial charge < -0.3 is 10.4 Å². The summed E-state index contributed by atoms with van der Waals surface area (Å²) in [4.78, 5) is 11.9. The molecule has 2 N–H and O–H groups in total. The van der Waals surface area contributed by atoms with Crippen LogP contribution in [0, 0.1) is 6.92 Å². The van der Waals surface area contributed by atoms with Gasteiger partial charge in [-0.15, -0.1) is 0 Å². The number of hydrogen-bond donors (Lipinski definition) is 2. The first-order chi connectivity index (χ1) is 9.54. The first kappa shape index (κ1) is 14.4. The zero-order valence-corrected chi connectivity index (χ0v) is 11.9. The Kier molecular flexibility index (Phi) is 4.64. The van der Waals surface area contributed by atoms with Gasteiger partial charge in [0, 0.05) is 12.5 Å². The Bertz CT molecular complexity index is 626. The van der Waals surface area contributed by atoms with Gasteiger partial charge in [-0.3, -0.25) is 4.79 Å². The van der Waals surface area contributed by atoms with Gasteiger partial charge in [0.05, 0.1) is 10.7 Å². The minimum absolute atomic E-state index is 0.0766. The molecule has 0 aliphatic carbocycles. The lowest BCUT2D eigenvalue weighted by atomic mass is 10.1. The number of phenolic OH excluding ortho intramolecular Hbond substituents is 1. The second-order valence-corrected chi connectivity index (χ2v) is 5.11. The van der Waals surface area contributed by atoms with E-state index in [1.165, 1.54) is 17.7 Å². The van der Waals surface area contributed by atoms with Gasteiger partial charge in [0.1, 0.15) is 5.75 Å². The number of benzene rings is 2. The molecule has 0 unspecified atom stereocenters. The molecule has 1 amide bonds. The van der Waals surface area contributed by atoms with Crippen LogP contribution in [0.1, 0.15) is 17.5 Å². The molecule has 2 aromatic rings. The third-order valence-corrected chi connectivity index (χ3v) is 3.26. The molecular weight excluding hydrogens is 274 g/mol. The molecule has 20 heavy (non-hydrogen) atoms. The van der Waals surface area contributed by atoms with E-state index in [4.69, 9.17) is 11.6 Å². The number of carbonyl (C=O) groups excluding carboxylic acids is 1. The van der Waals surface area contributed by atoms with E-state index in [0.717, 1.165) is 5.56 Å². The standard InChI is InChI=1S/C16H16ClNO2/c1-11-3-2-4-12(9-11)5-8-16(20)18-15-7-6-13(19)10-14(15)17/h2-4,6-7,9-10,19H,5,8H2,1H3,(H,18,20). The molecule has 2 rings (SSSR count). The molecule has 0 aromatic heterocycles. The minimum Gasteiger partial charge on any atom is -0.508 e. The molecule has 104 valence electrons. The first-order valence-corrected chi connectivity index (χ1v) is 6.76. The van der Waals surface area contributed by atoms with Crippen molar-refractivity contribution in [2.75, 3.05) is 5.32 Å². The summed E-state index contributed by atoms with van der Waals surface area (Å²) in [6.45, 7) is 2.03. The Morgan fingerprint density at radius 1 is 1.25 bits per heavy atom. The second kappa shape index (κ2) is 6.44. The molecule has 0 aliphatic heterocycles. The summed E-state index contributed by atoms with van der Waals surface area (Å²) in [6.07, 6.45) is 1.07. The number of aromatic hydroxyl groups is 1. The van der Waals surface area contributed by atoms with Gasteiger partial charge in [-0.25, -0.2) is 0 Å². The molecule has 2 aromatic carbocycles. The summed E-state index contributed by atoms with van der Waals surface area (Å²) < 4.78 is 0. The van der Waals surface area contributed by atoms with Crippen LogP contribution >= 0.6 is 11.6 Å². The van der Waals surface area contributed by atoms with Crippen molar-refractivity contribution in [1.82, 2.24) is 0 Å². The molecule has 0 fully saturated rings. The Balaban J connectivity index is 1.92. The number of amides is 1. The van der Waals surface area contributed by atoms with E-state index in [1.807, 2.05) is 25.1 Å². The number of aryl methyl sites for hydroxylation is 2. The normalized spacial score (nSPS) is 10.3. The fourth-order valence-electron chi connectivity index (χ4n) is 1.94. The second-order valence-electron chi connectivity index (χ2n) is 4.70. The van der Waals surface area contributed by atoms with Gasteiger partial charge >= 0.3 is 0 Å². The van der Waals surface area contributed by atoms with Crippen LogP contribution < -0.4 is 5.32 Å². The number of anilines is 1. The lowest BCUT2D eigenvalue weighted by Gasteiger charge is -2.08. The lowest BCUT2D eigenvalue weighted by molar-refractivity contribution is -0.116. The van der Waals surface area contributed by atoms with Gasteiger partial charge in [0.15, 0.2) is 0 Å². The Morgan fingerprint density at radius 2 is 2.05 bits per heavy atom. The molecule has 0 atom stereocenters. The van der Waals surface area contributed by atoms with E-state index in [9.17, 15) is 9.90 Å². The highest BCUT2D eigenvalue weighted by molar-refractivity contribution is 6.33. The Labute approximate surface area is 123 Å². The summed E-state index contributed by atoms with van der Waals surface area (Å²) in [7, 11) is 0. The summed E-state index contributed by atoms with van der Waals surface area (Å²) in [5.74, 6) is -0.0214. The fourth-order valence-corrected chi connectivity index (χ4v) is 2.17. The fraction of sp³-hybridized carbons (Fsp3) is 0.188. The molecule has 0 saturated carbocycles. The molecular formula is C16H16ClNO2. The van der Waals surface area contributed by atoms with Crippen LogP contribution in [0.5, 0.6) is 5.75 Å². The average Bonchev–Trinajstić information content (AvgIpc) is 2.40. The van der Waals surface area contributed by atoms with Crippen molar-refractivity contribution in [1.29, 1.82) is 0 Å². The highest BCUT2D eigenvalue weighted by Gasteiger charge is 2.07. The van der Waals surface area contributed by atoms with Crippen LogP contribution in [0.2, 0.25) is 5.02 Å². The monoisotopic (exact) mass is 289 g/mol. The topological polar surface area (TPSA) is 49.3 Å².